The van der Waals surface area contributed by atoms with E-state index in [-0.39, 0.29) is 4.90 Å². The van der Waals surface area contributed by atoms with Crippen molar-refractivity contribution in [3.63, 3.8) is 0 Å². The van der Waals surface area contributed by atoms with Gasteiger partial charge in [-0.15, -0.1) is 0 Å². The van der Waals surface area contributed by atoms with E-state index in [1.54, 1.807) is 6.07 Å². The number of benzene rings is 1. The van der Waals surface area contributed by atoms with Gasteiger partial charge in [-0.25, -0.2) is 8.42 Å². The summed E-state index contributed by atoms with van der Waals surface area (Å²) >= 11 is 0. The molecule has 0 saturated carbocycles. The van der Waals surface area contributed by atoms with Gasteiger partial charge in [-0.2, -0.15) is 5.10 Å². The highest BCUT2D eigenvalue weighted by atomic mass is 32.2. The minimum absolute atomic E-state index is 0.234. The zero-order valence-corrected chi connectivity index (χ0v) is 12.3. The zero-order valence-electron chi connectivity index (χ0n) is 11.5. The van der Waals surface area contributed by atoms with Crippen LogP contribution in [0.25, 0.3) is 0 Å². The predicted octanol–water partition coefficient (Wildman–Crippen LogP) is 1.92. The summed E-state index contributed by atoms with van der Waals surface area (Å²) < 4.78 is 27.5. The highest BCUT2D eigenvalue weighted by Gasteiger charge is 2.21. The fourth-order valence-corrected chi connectivity index (χ4v) is 3.49. The Hall–Kier alpha value is -2.02. The summed E-state index contributed by atoms with van der Waals surface area (Å²) in [6, 6.07) is 3.51. The molecule has 6 nitrogen and oxygen atoms in total. The van der Waals surface area contributed by atoms with Crippen molar-refractivity contribution < 1.29 is 8.42 Å². The number of nitrogens with zero attached hydrogens (tertiary/aromatic N) is 1. The fraction of sp³-hybridized carbons (Fsp3) is 0.308. The van der Waals surface area contributed by atoms with E-state index in [1.165, 1.54) is 12.4 Å². The number of aromatic nitrogens is 2. The van der Waals surface area contributed by atoms with Crippen LogP contribution in [-0.2, 0) is 22.9 Å². The van der Waals surface area contributed by atoms with E-state index < -0.39 is 10.0 Å². The molecule has 108 valence electrons. The van der Waals surface area contributed by atoms with Gasteiger partial charge >= 0.3 is 0 Å². The van der Waals surface area contributed by atoms with Crippen LogP contribution in [0, 0.1) is 0 Å². The van der Waals surface area contributed by atoms with E-state index in [4.69, 9.17) is 5.73 Å². The van der Waals surface area contributed by atoms with E-state index in [2.05, 4.69) is 14.9 Å². The van der Waals surface area contributed by atoms with Gasteiger partial charge in [-0.3, -0.25) is 9.82 Å². The average Bonchev–Trinajstić information content (AvgIpc) is 2.89. The third kappa shape index (κ3) is 2.77. The van der Waals surface area contributed by atoms with Crippen LogP contribution in [0.15, 0.2) is 29.4 Å². The van der Waals surface area contributed by atoms with E-state index in [1.807, 2.05) is 19.9 Å². The smallest absolute Gasteiger partial charge is 0.262 e. The minimum atomic E-state index is -3.67. The second-order valence-electron chi connectivity index (χ2n) is 4.46. The predicted molar refractivity (Wildman–Crippen MR) is 79.0 cm³/mol. The summed E-state index contributed by atoms with van der Waals surface area (Å²) in [6.07, 6.45) is 4.17. The molecule has 0 spiro atoms. The Bertz CT molecular complexity index is 693. The van der Waals surface area contributed by atoms with Gasteiger partial charge in [-0.1, -0.05) is 13.8 Å². The SMILES string of the molecule is CCc1cc(N)c(CC)c(S(=O)(=O)Nc2cn[nH]c2)c1. The molecule has 0 fully saturated rings. The first-order chi connectivity index (χ1) is 9.47. The van der Waals surface area contributed by atoms with Gasteiger partial charge in [0.15, 0.2) is 0 Å². The van der Waals surface area contributed by atoms with Crippen LogP contribution in [0.4, 0.5) is 11.4 Å². The number of sulfonamides is 1. The number of H-pyrrole nitrogens is 1. The van der Waals surface area contributed by atoms with Gasteiger partial charge in [0.2, 0.25) is 0 Å². The van der Waals surface area contributed by atoms with Gasteiger partial charge in [0.05, 0.1) is 16.8 Å². The summed E-state index contributed by atoms with van der Waals surface area (Å²) in [5, 5.41) is 6.28. The molecule has 0 saturated heterocycles. The summed E-state index contributed by atoms with van der Waals surface area (Å²) in [6.45, 7) is 3.84. The van der Waals surface area contributed by atoms with Crippen LogP contribution >= 0.6 is 0 Å². The Balaban J connectivity index is 2.52. The number of anilines is 2. The summed E-state index contributed by atoms with van der Waals surface area (Å²) in [5.41, 5.74) is 8.41. The molecule has 1 heterocycles. The number of aryl methyl sites for hydroxylation is 1. The van der Waals surface area contributed by atoms with Gasteiger partial charge in [0, 0.05) is 11.9 Å². The monoisotopic (exact) mass is 294 g/mol. The second-order valence-corrected chi connectivity index (χ2v) is 6.11. The molecule has 1 aromatic heterocycles. The summed E-state index contributed by atoms with van der Waals surface area (Å²) in [7, 11) is -3.67. The molecule has 0 unspecified atom stereocenters. The third-order valence-electron chi connectivity index (χ3n) is 3.11. The van der Waals surface area contributed by atoms with Gasteiger partial charge < -0.3 is 5.73 Å². The highest BCUT2D eigenvalue weighted by molar-refractivity contribution is 7.92. The van der Waals surface area contributed by atoms with Crippen LogP contribution in [-0.4, -0.2) is 18.6 Å². The topological polar surface area (TPSA) is 101 Å². The van der Waals surface area contributed by atoms with Crippen LogP contribution in [0.2, 0.25) is 0 Å². The fourth-order valence-electron chi connectivity index (χ4n) is 2.07. The number of nitrogens with one attached hydrogen (secondary N) is 2. The van der Waals surface area contributed by atoms with E-state index in [0.29, 0.717) is 23.4 Å². The van der Waals surface area contributed by atoms with Crippen molar-refractivity contribution in [3.05, 3.63) is 35.7 Å². The molecule has 0 aliphatic rings. The first-order valence-electron chi connectivity index (χ1n) is 6.40. The van der Waals surface area contributed by atoms with Crippen molar-refractivity contribution in [2.45, 2.75) is 31.6 Å². The number of nitrogen functional groups attached to an aromatic ring is 1. The van der Waals surface area contributed by atoms with Crippen LogP contribution in [0.5, 0.6) is 0 Å². The molecule has 0 bridgehead atoms. The molecule has 20 heavy (non-hydrogen) atoms. The number of hydrogen-bond acceptors (Lipinski definition) is 4. The molecule has 1 aromatic carbocycles. The van der Waals surface area contributed by atoms with Crippen molar-refractivity contribution in [2.75, 3.05) is 10.5 Å². The molecule has 0 radical (unpaired) electrons. The number of hydrogen-bond donors (Lipinski definition) is 3. The first kappa shape index (κ1) is 14.4. The molecule has 7 heteroatoms. The zero-order chi connectivity index (χ0) is 14.8. The van der Waals surface area contributed by atoms with Gasteiger partial charge in [0.25, 0.3) is 10.0 Å². The maximum absolute atomic E-state index is 12.5. The van der Waals surface area contributed by atoms with Gasteiger partial charge in [0.1, 0.15) is 0 Å². The molecular formula is C13H18N4O2S. The molecule has 2 rings (SSSR count). The maximum atomic E-state index is 12.5. The second kappa shape index (κ2) is 5.54. The van der Waals surface area contributed by atoms with E-state index in [0.717, 1.165) is 12.0 Å². The number of rotatable bonds is 5. The lowest BCUT2D eigenvalue weighted by Crippen LogP contribution is -2.16. The lowest BCUT2D eigenvalue weighted by Gasteiger charge is -2.14. The number of aromatic amines is 1. The summed E-state index contributed by atoms with van der Waals surface area (Å²) in [4.78, 5) is 0.234. The van der Waals surface area contributed by atoms with E-state index in [9.17, 15) is 8.42 Å². The molecule has 4 N–H and O–H groups in total. The Labute approximate surface area is 118 Å². The quantitative estimate of drug-likeness (QED) is 0.733. The largest absolute Gasteiger partial charge is 0.398 e. The molecule has 0 aliphatic heterocycles. The Morgan fingerprint density at radius 2 is 2.05 bits per heavy atom. The average molecular weight is 294 g/mol. The van der Waals surface area contributed by atoms with Crippen LogP contribution < -0.4 is 10.5 Å². The lowest BCUT2D eigenvalue weighted by atomic mass is 10.1. The molecule has 2 aromatic rings. The Kier molecular flexibility index (Phi) is 3.99. The van der Waals surface area contributed by atoms with Crippen molar-refractivity contribution in [2.24, 2.45) is 0 Å². The van der Waals surface area contributed by atoms with Crippen LogP contribution in [0.1, 0.15) is 25.0 Å². The van der Waals surface area contributed by atoms with Crippen molar-refractivity contribution in [1.29, 1.82) is 0 Å². The first-order valence-corrected chi connectivity index (χ1v) is 7.89. The van der Waals surface area contributed by atoms with Crippen LogP contribution in [0.3, 0.4) is 0 Å². The lowest BCUT2D eigenvalue weighted by molar-refractivity contribution is 0.600. The summed E-state index contributed by atoms with van der Waals surface area (Å²) in [5.74, 6) is 0. The van der Waals surface area contributed by atoms with E-state index >= 15 is 0 Å². The maximum Gasteiger partial charge on any atom is 0.262 e. The number of nitrogens with two attached hydrogens (primary N) is 1. The normalized spacial score (nSPS) is 11.5. The van der Waals surface area contributed by atoms with Gasteiger partial charge in [-0.05, 0) is 36.1 Å². The Morgan fingerprint density at radius 3 is 2.60 bits per heavy atom. The highest BCUT2D eigenvalue weighted by Crippen LogP contribution is 2.26. The molecule has 0 atom stereocenters. The van der Waals surface area contributed by atoms with Crippen molar-refractivity contribution in [3.8, 4) is 0 Å². The molecular weight excluding hydrogens is 276 g/mol. The van der Waals surface area contributed by atoms with Crippen molar-refractivity contribution in [1.82, 2.24) is 10.2 Å². The molecule has 0 amide bonds. The Morgan fingerprint density at radius 1 is 1.30 bits per heavy atom. The standard InChI is InChI=1S/C13H18N4O2S/c1-3-9-5-12(14)11(4-2)13(6-9)20(18,19)17-10-7-15-16-8-10/h5-8,17H,3-4,14H2,1-2H3,(H,15,16). The van der Waals surface area contributed by atoms with Crippen molar-refractivity contribution >= 4 is 21.4 Å². The third-order valence-corrected chi connectivity index (χ3v) is 4.55. The molecule has 0 aliphatic carbocycles. The minimum Gasteiger partial charge on any atom is -0.398 e.